The molecule has 0 spiro atoms. The molecule has 0 atom stereocenters. The molecule has 6 nitrogen and oxygen atoms in total. The molecular weight excluding hydrogens is 542 g/mol. The van der Waals surface area contributed by atoms with Gasteiger partial charge in [0, 0.05) is 33.4 Å². The fourth-order valence-electron chi connectivity index (χ4n) is 4.34. The van der Waals surface area contributed by atoms with Gasteiger partial charge in [-0.2, -0.15) is 0 Å². The molecule has 4 aromatic carbocycles. The van der Waals surface area contributed by atoms with Crippen molar-refractivity contribution in [3.05, 3.63) is 131 Å². The third-order valence-corrected chi connectivity index (χ3v) is 7.74. The number of benzene rings is 4. The van der Waals surface area contributed by atoms with E-state index in [-0.39, 0.29) is 11.6 Å². The van der Waals surface area contributed by atoms with Gasteiger partial charge in [-0.3, -0.25) is 14.4 Å². The Labute approximate surface area is 242 Å². The van der Waals surface area contributed by atoms with Gasteiger partial charge < -0.3 is 15.5 Å². The molecule has 0 bridgehead atoms. The first-order chi connectivity index (χ1) is 19.5. The molecule has 1 aliphatic rings. The van der Waals surface area contributed by atoms with Crippen molar-refractivity contribution in [2.24, 2.45) is 0 Å². The highest BCUT2D eigenvalue weighted by Crippen LogP contribution is 2.29. The number of nitrogens with one attached hydrogen (secondary N) is 2. The Morgan fingerprint density at radius 1 is 0.850 bits per heavy atom. The zero-order valence-corrected chi connectivity index (χ0v) is 23.0. The Morgan fingerprint density at radius 3 is 2.33 bits per heavy atom. The van der Waals surface area contributed by atoms with Crippen molar-refractivity contribution in [3.8, 4) is 0 Å². The summed E-state index contributed by atoms with van der Waals surface area (Å²) in [6, 6.07) is 31.0. The predicted octanol–water partition coefficient (Wildman–Crippen LogP) is 6.43. The molecular formula is C32H26ClN3O3S. The van der Waals surface area contributed by atoms with Gasteiger partial charge in [-0.15, -0.1) is 11.8 Å². The van der Waals surface area contributed by atoms with Gasteiger partial charge in [-0.05, 0) is 72.2 Å². The van der Waals surface area contributed by atoms with Gasteiger partial charge in [0.2, 0.25) is 5.91 Å². The summed E-state index contributed by atoms with van der Waals surface area (Å²) in [6.07, 6.45) is 2.42. The molecule has 5 rings (SSSR count). The van der Waals surface area contributed by atoms with E-state index in [4.69, 9.17) is 11.6 Å². The Kier molecular flexibility index (Phi) is 8.64. The molecule has 4 aromatic rings. The third-order valence-electron chi connectivity index (χ3n) is 6.40. The largest absolute Gasteiger partial charge is 0.321 e. The molecule has 0 aliphatic carbocycles. The number of hydrogen-bond acceptors (Lipinski definition) is 4. The zero-order chi connectivity index (χ0) is 27.9. The van der Waals surface area contributed by atoms with E-state index in [1.54, 1.807) is 66.7 Å². The van der Waals surface area contributed by atoms with Crippen molar-refractivity contribution in [3.63, 3.8) is 0 Å². The SMILES string of the molecule is O=C(Nc1ccc(SCC(=O)N2CCc3ccccc32)cc1)/C(=C/c1ccccc1Cl)NC(=O)c1ccccc1. The first-order valence-corrected chi connectivity index (χ1v) is 14.1. The Hall–Kier alpha value is -4.33. The number of halogens is 1. The van der Waals surface area contributed by atoms with Crippen molar-refractivity contribution in [2.45, 2.75) is 11.3 Å². The van der Waals surface area contributed by atoms with Crippen LogP contribution in [-0.2, 0) is 16.0 Å². The van der Waals surface area contributed by atoms with Crippen LogP contribution < -0.4 is 15.5 Å². The van der Waals surface area contributed by atoms with Crippen LogP contribution in [0.2, 0.25) is 5.02 Å². The molecule has 2 N–H and O–H groups in total. The molecule has 0 saturated heterocycles. The molecule has 0 fully saturated rings. The van der Waals surface area contributed by atoms with E-state index in [2.05, 4.69) is 16.7 Å². The van der Waals surface area contributed by atoms with Crippen LogP contribution in [0, 0.1) is 0 Å². The lowest BCUT2D eigenvalue weighted by molar-refractivity contribution is -0.116. The van der Waals surface area contributed by atoms with E-state index in [1.165, 1.54) is 17.3 Å². The second-order valence-electron chi connectivity index (χ2n) is 9.09. The van der Waals surface area contributed by atoms with E-state index in [1.807, 2.05) is 41.3 Å². The summed E-state index contributed by atoms with van der Waals surface area (Å²) in [5.74, 6) is -0.523. The quantitative estimate of drug-likeness (QED) is 0.190. The van der Waals surface area contributed by atoms with Gasteiger partial charge in [0.05, 0.1) is 5.75 Å². The van der Waals surface area contributed by atoms with Crippen LogP contribution in [0.5, 0.6) is 0 Å². The van der Waals surface area contributed by atoms with Crippen LogP contribution in [0.4, 0.5) is 11.4 Å². The smallest absolute Gasteiger partial charge is 0.272 e. The molecule has 0 unspecified atom stereocenters. The first-order valence-electron chi connectivity index (χ1n) is 12.7. The predicted molar refractivity (Wildman–Crippen MR) is 162 cm³/mol. The van der Waals surface area contributed by atoms with Crippen LogP contribution in [0.15, 0.2) is 114 Å². The number of rotatable bonds is 8. The molecule has 0 saturated carbocycles. The summed E-state index contributed by atoms with van der Waals surface area (Å²) >= 11 is 7.75. The van der Waals surface area contributed by atoms with E-state index in [0.717, 1.165) is 17.0 Å². The monoisotopic (exact) mass is 567 g/mol. The number of nitrogens with zero attached hydrogens (tertiary/aromatic N) is 1. The van der Waals surface area contributed by atoms with Crippen molar-refractivity contribution >= 4 is 58.5 Å². The summed E-state index contributed by atoms with van der Waals surface area (Å²) < 4.78 is 0. The molecule has 8 heteroatoms. The highest BCUT2D eigenvalue weighted by Gasteiger charge is 2.24. The van der Waals surface area contributed by atoms with Crippen molar-refractivity contribution in [1.82, 2.24) is 5.32 Å². The maximum atomic E-state index is 13.3. The molecule has 40 heavy (non-hydrogen) atoms. The standard InChI is InChI=1S/C32H26ClN3O3S/c33-27-12-6-4-11-24(27)20-28(35-31(38)23-9-2-1-3-10-23)32(39)34-25-14-16-26(17-15-25)40-21-30(37)36-19-18-22-8-5-7-13-29(22)36/h1-17,20H,18-19,21H2,(H,34,39)(H,35,38)/b28-20-. The second kappa shape index (κ2) is 12.7. The lowest BCUT2D eigenvalue weighted by Gasteiger charge is -2.17. The van der Waals surface area contributed by atoms with E-state index in [9.17, 15) is 14.4 Å². The minimum absolute atomic E-state index is 0.0527. The van der Waals surface area contributed by atoms with Crippen LogP contribution in [-0.4, -0.2) is 30.0 Å². The summed E-state index contributed by atoms with van der Waals surface area (Å²) in [7, 11) is 0. The number of carbonyl (C=O) groups excluding carboxylic acids is 3. The van der Waals surface area contributed by atoms with Gasteiger partial charge in [0.15, 0.2) is 0 Å². The van der Waals surface area contributed by atoms with Crippen LogP contribution >= 0.6 is 23.4 Å². The molecule has 1 heterocycles. The Bertz CT molecular complexity index is 1570. The van der Waals surface area contributed by atoms with Crippen LogP contribution in [0.25, 0.3) is 6.08 Å². The van der Waals surface area contributed by atoms with E-state index >= 15 is 0 Å². The lowest BCUT2D eigenvalue weighted by atomic mass is 10.1. The van der Waals surface area contributed by atoms with Gasteiger partial charge in [0.1, 0.15) is 5.70 Å². The lowest BCUT2D eigenvalue weighted by Crippen LogP contribution is -2.30. The van der Waals surface area contributed by atoms with Gasteiger partial charge >= 0.3 is 0 Å². The number of hydrogen-bond donors (Lipinski definition) is 2. The summed E-state index contributed by atoms with van der Waals surface area (Å²) in [5, 5.41) is 6.00. The number of carbonyl (C=O) groups is 3. The van der Waals surface area contributed by atoms with E-state index in [0.29, 0.717) is 34.1 Å². The third kappa shape index (κ3) is 6.62. The highest BCUT2D eigenvalue weighted by atomic mass is 35.5. The molecule has 200 valence electrons. The number of para-hydroxylation sites is 1. The molecule has 1 aliphatic heterocycles. The van der Waals surface area contributed by atoms with Gasteiger partial charge in [-0.25, -0.2) is 0 Å². The summed E-state index contributed by atoms with van der Waals surface area (Å²) in [4.78, 5) is 41.7. The first kappa shape index (κ1) is 27.2. The maximum absolute atomic E-state index is 13.3. The second-order valence-corrected chi connectivity index (χ2v) is 10.5. The number of amides is 3. The number of anilines is 2. The summed E-state index contributed by atoms with van der Waals surface area (Å²) in [5.41, 5.74) is 3.81. The van der Waals surface area contributed by atoms with Gasteiger partial charge in [0.25, 0.3) is 11.8 Å². The van der Waals surface area contributed by atoms with Crippen molar-refractivity contribution in [1.29, 1.82) is 0 Å². The Morgan fingerprint density at radius 2 is 1.55 bits per heavy atom. The summed E-state index contributed by atoms with van der Waals surface area (Å²) in [6.45, 7) is 0.703. The fraction of sp³-hybridized carbons (Fsp3) is 0.0938. The van der Waals surface area contributed by atoms with Crippen molar-refractivity contribution < 1.29 is 14.4 Å². The fourth-order valence-corrected chi connectivity index (χ4v) is 5.31. The molecule has 0 aromatic heterocycles. The number of fused-ring (bicyclic) bond motifs is 1. The number of thioether (sulfide) groups is 1. The topological polar surface area (TPSA) is 78.5 Å². The molecule has 0 radical (unpaired) electrons. The maximum Gasteiger partial charge on any atom is 0.272 e. The average molecular weight is 568 g/mol. The van der Waals surface area contributed by atoms with Crippen LogP contribution in [0.1, 0.15) is 21.5 Å². The minimum Gasteiger partial charge on any atom is -0.321 e. The zero-order valence-electron chi connectivity index (χ0n) is 21.5. The van der Waals surface area contributed by atoms with Crippen LogP contribution in [0.3, 0.4) is 0 Å². The normalized spacial score (nSPS) is 12.5. The Balaban J connectivity index is 1.24. The van der Waals surface area contributed by atoms with Gasteiger partial charge in [-0.1, -0.05) is 66.2 Å². The van der Waals surface area contributed by atoms with E-state index < -0.39 is 11.8 Å². The average Bonchev–Trinajstić information content (AvgIpc) is 3.42. The molecule has 3 amide bonds. The van der Waals surface area contributed by atoms with Crippen molar-refractivity contribution in [2.75, 3.05) is 22.5 Å². The highest BCUT2D eigenvalue weighted by molar-refractivity contribution is 8.00. The minimum atomic E-state index is -0.493.